The molecular formula is C18H21FN4O2. The molecule has 1 aromatic carbocycles. The molecule has 7 heteroatoms. The summed E-state index contributed by atoms with van der Waals surface area (Å²) < 4.78 is 13.5. The van der Waals surface area contributed by atoms with E-state index in [0.29, 0.717) is 13.0 Å². The molecule has 1 amide bonds. The molecule has 0 spiro atoms. The molecule has 0 aliphatic carbocycles. The van der Waals surface area contributed by atoms with E-state index in [1.807, 2.05) is 17.0 Å². The lowest BCUT2D eigenvalue weighted by Crippen LogP contribution is -2.41. The molecule has 1 saturated heterocycles. The van der Waals surface area contributed by atoms with E-state index in [1.54, 1.807) is 12.1 Å². The Kier molecular flexibility index (Phi) is 6.88. The molecule has 1 fully saturated rings. The Labute approximate surface area is 146 Å². The van der Waals surface area contributed by atoms with E-state index in [4.69, 9.17) is 10.5 Å². The topological polar surface area (TPSA) is 91.4 Å². The number of aliphatic hydroxyl groups is 1. The summed E-state index contributed by atoms with van der Waals surface area (Å²) in [5.41, 5.74) is 0.727. The summed E-state index contributed by atoms with van der Waals surface area (Å²) in [6.07, 6.45) is 0.264. The number of hydrogen-bond acceptors (Lipinski definition) is 5. The Balaban J connectivity index is 2.08. The lowest BCUT2D eigenvalue weighted by molar-refractivity contribution is -0.132. The smallest absolute Gasteiger partial charge is 0.236 e. The van der Waals surface area contributed by atoms with Gasteiger partial charge in [0.1, 0.15) is 5.82 Å². The molecule has 25 heavy (non-hydrogen) atoms. The van der Waals surface area contributed by atoms with E-state index in [-0.39, 0.29) is 50.2 Å². The zero-order chi connectivity index (χ0) is 18.2. The molecule has 132 valence electrons. The fourth-order valence-electron chi connectivity index (χ4n) is 3.12. The highest BCUT2D eigenvalue weighted by Crippen LogP contribution is 2.32. The van der Waals surface area contributed by atoms with E-state index in [2.05, 4.69) is 0 Å². The molecule has 0 radical (unpaired) electrons. The zero-order valence-electron chi connectivity index (χ0n) is 13.9. The Morgan fingerprint density at radius 1 is 1.32 bits per heavy atom. The van der Waals surface area contributed by atoms with Crippen molar-refractivity contribution < 1.29 is 14.3 Å². The van der Waals surface area contributed by atoms with Gasteiger partial charge in [0, 0.05) is 25.7 Å². The number of halogens is 1. The molecular weight excluding hydrogens is 323 g/mol. The quantitative estimate of drug-likeness (QED) is 0.811. The molecule has 1 aliphatic heterocycles. The van der Waals surface area contributed by atoms with Crippen LogP contribution in [0.2, 0.25) is 0 Å². The summed E-state index contributed by atoms with van der Waals surface area (Å²) in [6, 6.07) is 9.94. The van der Waals surface area contributed by atoms with Gasteiger partial charge in [0.15, 0.2) is 0 Å². The van der Waals surface area contributed by atoms with Gasteiger partial charge in [0.05, 0.1) is 37.6 Å². The average molecular weight is 344 g/mol. The van der Waals surface area contributed by atoms with Crippen molar-refractivity contribution in [3.8, 4) is 12.1 Å². The molecule has 2 rings (SSSR count). The van der Waals surface area contributed by atoms with Gasteiger partial charge in [-0.15, -0.1) is 0 Å². The summed E-state index contributed by atoms with van der Waals surface area (Å²) in [5, 5.41) is 27.4. The van der Waals surface area contributed by atoms with Crippen LogP contribution in [-0.2, 0) is 4.79 Å². The van der Waals surface area contributed by atoms with Crippen LogP contribution in [0.1, 0.15) is 30.9 Å². The largest absolute Gasteiger partial charge is 0.392 e. The summed E-state index contributed by atoms with van der Waals surface area (Å²) >= 11 is 0. The van der Waals surface area contributed by atoms with Crippen molar-refractivity contribution in [1.82, 2.24) is 9.80 Å². The van der Waals surface area contributed by atoms with Crippen molar-refractivity contribution in [3.63, 3.8) is 0 Å². The van der Waals surface area contributed by atoms with Gasteiger partial charge in [0.2, 0.25) is 5.91 Å². The fraction of sp³-hybridized carbons (Fsp3) is 0.500. The number of carbonyl (C=O) groups excluding carboxylic acids is 1. The van der Waals surface area contributed by atoms with Crippen LogP contribution in [0.5, 0.6) is 0 Å². The van der Waals surface area contributed by atoms with Crippen molar-refractivity contribution in [2.75, 3.05) is 26.2 Å². The molecule has 1 aliphatic rings. The van der Waals surface area contributed by atoms with Crippen LogP contribution in [0.3, 0.4) is 0 Å². The second kappa shape index (κ2) is 9.12. The van der Waals surface area contributed by atoms with Gasteiger partial charge >= 0.3 is 0 Å². The van der Waals surface area contributed by atoms with Gasteiger partial charge < -0.3 is 10.0 Å². The predicted octanol–water partition coefficient (Wildman–Crippen LogP) is 1.59. The van der Waals surface area contributed by atoms with Crippen LogP contribution < -0.4 is 0 Å². The number of benzene rings is 1. The standard InChI is InChI=1S/C18H21FN4O2/c19-15-5-1-4-14(10-15)17-11-16(24)12-23(17)13-18(25)22(8-2-6-20)9-3-7-21/h1,4-5,10,16-17,24H,2-3,8-9,11-13H2/t16-,17-/m1/s1. The highest BCUT2D eigenvalue weighted by Gasteiger charge is 2.34. The molecule has 0 aromatic heterocycles. The van der Waals surface area contributed by atoms with Crippen LogP contribution in [-0.4, -0.2) is 53.1 Å². The minimum atomic E-state index is -0.576. The third kappa shape index (κ3) is 5.25. The van der Waals surface area contributed by atoms with E-state index < -0.39 is 6.10 Å². The Bertz CT molecular complexity index is 664. The maximum atomic E-state index is 13.5. The van der Waals surface area contributed by atoms with Crippen molar-refractivity contribution in [2.24, 2.45) is 0 Å². The number of β-amino-alcohol motifs (C(OH)–C–C–N with tert-alkyl or cyclic N) is 1. The Morgan fingerprint density at radius 2 is 2.00 bits per heavy atom. The Hall–Kier alpha value is -2.48. The van der Waals surface area contributed by atoms with E-state index in [9.17, 15) is 14.3 Å². The maximum Gasteiger partial charge on any atom is 0.236 e. The second-order valence-electron chi connectivity index (χ2n) is 6.09. The van der Waals surface area contributed by atoms with Crippen LogP contribution in [0.15, 0.2) is 24.3 Å². The minimum absolute atomic E-state index is 0.0646. The summed E-state index contributed by atoms with van der Waals surface area (Å²) in [6.45, 7) is 0.947. The van der Waals surface area contributed by atoms with Crippen LogP contribution in [0, 0.1) is 28.5 Å². The first-order valence-corrected chi connectivity index (χ1v) is 8.24. The average Bonchev–Trinajstić information content (AvgIpc) is 2.95. The second-order valence-corrected chi connectivity index (χ2v) is 6.09. The third-order valence-corrected chi connectivity index (χ3v) is 4.29. The van der Waals surface area contributed by atoms with E-state index in [0.717, 1.165) is 5.56 Å². The summed E-state index contributed by atoms with van der Waals surface area (Å²) in [5.74, 6) is -0.546. The van der Waals surface area contributed by atoms with Gasteiger partial charge in [0.25, 0.3) is 0 Å². The molecule has 0 saturated carbocycles. The van der Waals surface area contributed by atoms with E-state index in [1.165, 1.54) is 17.0 Å². The highest BCUT2D eigenvalue weighted by molar-refractivity contribution is 5.78. The maximum absolute atomic E-state index is 13.5. The number of aliphatic hydroxyl groups excluding tert-OH is 1. The first-order chi connectivity index (χ1) is 12.0. The minimum Gasteiger partial charge on any atom is -0.392 e. The summed E-state index contributed by atoms with van der Waals surface area (Å²) in [4.78, 5) is 15.9. The number of carbonyl (C=O) groups is 1. The molecule has 1 aromatic rings. The lowest BCUT2D eigenvalue weighted by atomic mass is 10.0. The molecule has 1 heterocycles. The van der Waals surface area contributed by atoms with Gasteiger partial charge in [-0.25, -0.2) is 4.39 Å². The third-order valence-electron chi connectivity index (χ3n) is 4.29. The number of hydrogen-bond donors (Lipinski definition) is 1. The normalized spacial score (nSPS) is 20.0. The molecule has 1 N–H and O–H groups in total. The van der Waals surface area contributed by atoms with Crippen molar-refractivity contribution in [3.05, 3.63) is 35.6 Å². The first kappa shape index (κ1) is 18.9. The molecule has 0 unspecified atom stereocenters. The molecule has 0 bridgehead atoms. The van der Waals surface area contributed by atoms with Crippen LogP contribution in [0.25, 0.3) is 0 Å². The monoisotopic (exact) mass is 344 g/mol. The lowest BCUT2D eigenvalue weighted by Gasteiger charge is -2.28. The number of amides is 1. The van der Waals surface area contributed by atoms with Crippen molar-refractivity contribution in [2.45, 2.75) is 31.4 Å². The number of rotatable bonds is 7. The Morgan fingerprint density at radius 3 is 2.60 bits per heavy atom. The number of likely N-dealkylation sites (tertiary alicyclic amines) is 1. The van der Waals surface area contributed by atoms with Gasteiger partial charge in [-0.3, -0.25) is 9.69 Å². The van der Waals surface area contributed by atoms with E-state index >= 15 is 0 Å². The van der Waals surface area contributed by atoms with Crippen LogP contribution in [0.4, 0.5) is 4.39 Å². The SMILES string of the molecule is N#CCCN(CCC#N)C(=O)CN1C[C@H](O)C[C@@H]1c1cccc(F)c1. The number of nitrogens with zero attached hydrogens (tertiary/aromatic N) is 4. The highest BCUT2D eigenvalue weighted by atomic mass is 19.1. The fourth-order valence-corrected chi connectivity index (χ4v) is 3.12. The zero-order valence-corrected chi connectivity index (χ0v) is 13.9. The van der Waals surface area contributed by atoms with Gasteiger partial charge in [-0.05, 0) is 24.1 Å². The van der Waals surface area contributed by atoms with Gasteiger partial charge in [-0.1, -0.05) is 12.1 Å². The van der Waals surface area contributed by atoms with Gasteiger partial charge in [-0.2, -0.15) is 10.5 Å². The van der Waals surface area contributed by atoms with Crippen LogP contribution >= 0.6 is 0 Å². The predicted molar refractivity (Wildman–Crippen MR) is 88.4 cm³/mol. The van der Waals surface area contributed by atoms with Crippen molar-refractivity contribution in [1.29, 1.82) is 10.5 Å². The molecule has 2 atom stereocenters. The van der Waals surface area contributed by atoms with Crippen molar-refractivity contribution >= 4 is 5.91 Å². The number of nitriles is 2. The summed E-state index contributed by atoms with van der Waals surface area (Å²) in [7, 11) is 0. The first-order valence-electron chi connectivity index (χ1n) is 8.24. The molecule has 6 nitrogen and oxygen atoms in total.